The van der Waals surface area contributed by atoms with Crippen LogP contribution in [-0.4, -0.2) is 16.5 Å². The Balaban J connectivity index is 3.20. The molecule has 0 aliphatic heterocycles. The molecule has 0 aliphatic carbocycles. The van der Waals surface area contributed by atoms with Gasteiger partial charge in [0, 0.05) is 5.56 Å². The lowest BCUT2D eigenvalue weighted by Crippen LogP contribution is -2.19. The molecule has 1 aromatic heterocycles. The molecule has 1 aromatic rings. The van der Waals surface area contributed by atoms with E-state index < -0.39 is 42.2 Å². The molecule has 1 heterocycles. The molecule has 0 saturated heterocycles. The molecule has 1 N–H and O–H groups in total. The van der Waals surface area contributed by atoms with Gasteiger partial charge in [-0.3, -0.25) is 4.98 Å². The average molecular weight is 261 g/mol. The van der Waals surface area contributed by atoms with Crippen molar-refractivity contribution in [3.8, 4) is 5.75 Å². The molecule has 17 heavy (non-hydrogen) atoms. The Kier molecular flexibility index (Phi) is 3.81. The Bertz CT molecular complexity index is 406. The summed E-state index contributed by atoms with van der Waals surface area (Å²) >= 11 is 0. The summed E-state index contributed by atoms with van der Waals surface area (Å²) in [4.78, 5) is 2.92. The Morgan fingerprint density at radius 2 is 1.94 bits per heavy atom. The van der Waals surface area contributed by atoms with Gasteiger partial charge in [-0.25, -0.2) is 13.2 Å². The molecule has 0 spiro atoms. The predicted octanol–water partition coefficient (Wildman–Crippen LogP) is 2.55. The smallest absolute Gasteiger partial charge is 0.401 e. The topological polar surface area (TPSA) is 42.4 Å². The highest BCUT2D eigenvalue weighted by atomic mass is 19.4. The summed E-state index contributed by atoms with van der Waals surface area (Å²) in [5, 5.41) is 8.62. The minimum absolute atomic E-state index is 0.184. The van der Waals surface area contributed by atoms with E-state index in [1.54, 1.807) is 0 Å². The zero-order chi connectivity index (χ0) is 13.2. The highest BCUT2D eigenvalue weighted by molar-refractivity contribution is 5.32. The van der Waals surface area contributed by atoms with E-state index >= 15 is 0 Å². The van der Waals surface area contributed by atoms with Gasteiger partial charge in [-0.15, -0.1) is 13.2 Å². The van der Waals surface area contributed by atoms with Crippen LogP contribution in [0.5, 0.6) is 5.75 Å². The van der Waals surface area contributed by atoms with E-state index in [1.165, 1.54) is 0 Å². The summed E-state index contributed by atoms with van der Waals surface area (Å²) < 4.78 is 76.4. The summed E-state index contributed by atoms with van der Waals surface area (Å²) in [6.07, 6.45) is -8.21. The summed E-state index contributed by atoms with van der Waals surface area (Å²) in [6, 6.07) is 0. The molecule has 0 bridgehead atoms. The standard InChI is InChI=1S/C8H5F6NO2/c9-5-3(2-16)6(7(10)11)15-1-4(5)17-8(12,13)14/h1,7,16H,2H2. The lowest BCUT2D eigenvalue weighted by Gasteiger charge is -2.13. The maximum Gasteiger partial charge on any atom is 0.573 e. The third-order valence-electron chi connectivity index (χ3n) is 1.70. The number of alkyl halides is 5. The van der Waals surface area contributed by atoms with Crippen molar-refractivity contribution in [1.29, 1.82) is 0 Å². The lowest BCUT2D eigenvalue weighted by molar-refractivity contribution is -0.275. The molecule has 96 valence electrons. The van der Waals surface area contributed by atoms with Crippen molar-refractivity contribution in [2.24, 2.45) is 0 Å². The minimum Gasteiger partial charge on any atom is -0.401 e. The molecule has 0 amide bonds. The first kappa shape index (κ1) is 13.6. The van der Waals surface area contributed by atoms with E-state index in [0.29, 0.717) is 0 Å². The SMILES string of the molecule is OCc1c(C(F)F)ncc(OC(F)(F)F)c1F. The largest absolute Gasteiger partial charge is 0.573 e. The van der Waals surface area contributed by atoms with E-state index in [1.807, 2.05) is 0 Å². The molecule has 0 atom stereocenters. The number of halogens is 6. The molecular formula is C8H5F6NO2. The number of nitrogens with zero attached hydrogens (tertiary/aromatic N) is 1. The van der Waals surface area contributed by atoms with Gasteiger partial charge < -0.3 is 9.84 Å². The number of hydrogen-bond acceptors (Lipinski definition) is 3. The highest BCUT2D eigenvalue weighted by Gasteiger charge is 2.34. The molecule has 3 nitrogen and oxygen atoms in total. The first-order valence-corrected chi connectivity index (χ1v) is 4.08. The van der Waals surface area contributed by atoms with Gasteiger partial charge in [-0.2, -0.15) is 0 Å². The van der Waals surface area contributed by atoms with Crippen LogP contribution < -0.4 is 4.74 Å². The van der Waals surface area contributed by atoms with Crippen LogP contribution in [0.3, 0.4) is 0 Å². The van der Waals surface area contributed by atoms with Crippen molar-refractivity contribution in [3.05, 3.63) is 23.3 Å². The molecule has 0 unspecified atom stereocenters. The molecule has 0 fully saturated rings. The normalized spacial score (nSPS) is 12.0. The monoisotopic (exact) mass is 261 g/mol. The van der Waals surface area contributed by atoms with E-state index in [-0.39, 0.29) is 6.20 Å². The van der Waals surface area contributed by atoms with Crippen molar-refractivity contribution < 1.29 is 36.2 Å². The van der Waals surface area contributed by atoms with Gasteiger partial charge in [0.15, 0.2) is 11.6 Å². The van der Waals surface area contributed by atoms with Gasteiger partial charge in [0.1, 0.15) is 5.69 Å². The van der Waals surface area contributed by atoms with Crippen molar-refractivity contribution in [3.63, 3.8) is 0 Å². The van der Waals surface area contributed by atoms with E-state index in [2.05, 4.69) is 9.72 Å². The van der Waals surface area contributed by atoms with Gasteiger partial charge in [0.2, 0.25) is 0 Å². The van der Waals surface area contributed by atoms with E-state index in [9.17, 15) is 26.3 Å². The van der Waals surface area contributed by atoms with Gasteiger partial charge in [-0.05, 0) is 0 Å². The second-order valence-electron chi connectivity index (χ2n) is 2.81. The van der Waals surface area contributed by atoms with Crippen LogP contribution in [0, 0.1) is 5.82 Å². The Morgan fingerprint density at radius 1 is 1.35 bits per heavy atom. The molecule has 0 saturated carbocycles. The van der Waals surface area contributed by atoms with Crippen LogP contribution >= 0.6 is 0 Å². The third-order valence-corrected chi connectivity index (χ3v) is 1.70. The van der Waals surface area contributed by atoms with Crippen LogP contribution in [0.2, 0.25) is 0 Å². The van der Waals surface area contributed by atoms with Crippen LogP contribution in [0.15, 0.2) is 6.20 Å². The number of rotatable bonds is 3. The molecule has 0 radical (unpaired) electrons. The van der Waals surface area contributed by atoms with Gasteiger partial charge in [0.25, 0.3) is 6.43 Å². The van der Waals surface area contributed by atoms with Crippen LogP contribution in [0.1, 0.15) is 17.7 Å². The van der Waals surface area contributed by atoms with Crippen molar-refractivity contribution in [2.45, 2.75) is 19.4 Å². The van der Waals surface area contributed by atoms with Crippen LogP contribution in [0.25, 0.3) is 0 Å². The maximum absolute atomic E-state index is 13.3. The van der Waals surface area contributed by atoms with E-state index in [0.717, 1.165) is 0 Å². The fourth-order valence-corrected chi connectivity index (χ4v) is 1.06. The zero-order valence-electron chi connectivity index (χ0n) is 7.93. The number of pyridine rings is 1. The summed E-state index contributed by atoms with van der Waals surface area (Å²) in [7, 11) is 0. The first-order valence-electron chi connectivity index (χ1n) is 4.08. The van der Waals surface area contributed by atoms with Gasteiger partial charge in [-0.1, -0.05) is 0 Å². The molecule has 0 aliphatic rings. The number of aliphatic hydroxyl groups excluding tert-OH is 1. The predicted molar refractivity (Wildman–Crippen MR) is 41.8 cm³/mol. The van der Waals surface area contributed by atoms with Crippen LogP contribution in [-0.2, 0) is 6.61 Å². The Labute approximate surface area is 90.6 Å². The Morgan fingerprint density at radius 3 is 2.35 bits per heavy atom. The summed E-state index contributed by atoms with van der Waals surface area (Å²) in [5.74, 6) is -3.08. The summed E-state index contributed by atoms with van der Waals surface area (Å²) in [6.45, 7) is -1.21. The van der Waals surface area contributed by atoms with Gasteiger partial charge in [0.05, 0.1) is 12.8 Å². The molecule has 1 rings (SSSR count). The fourth-order valence-electron chi connectivity index (χ4n) is 1.06. The number of aliphatic hydroxyl groups is 1. The first-order chi connectivity index (χ1) is 7.76. The van der Waals surface area contributed by atoms with Crippen molar-refractivity contribution >= 4 is 0 Å². The average Bonchev–Trinajstić information content (AvgIpc) is 2.18. The highest BCUT2D eigenvalue weighted by Crippen LogP contribution is 2.31. The van der Waals surface area contributed by atoms with E-state index in [4.69, 9.17) is 5.11 Å². The Hall–Kier alpha value is -1.51. The van der Waals surface area contributed by atoms with Crippen molar-refractivity contribution in [2.75, 3.05) is 0 Å². The fraction of sp³-hybridized carbons (Fsp3) is 0.375. The third kappa shape index (κ3) is 3.22. The molecular weight excluding hydrogens is 256 g/mol. The quantitative estimate of drug-likeness (QED) is 0.850. The van der Waals surface area contributed by atoms with Crippen LogP contribution in [0.4, 0.5) is 26.3 Å². The molecule has 0 aromatic carbocycles. The maximum atomic E-state index is 13.3. The minimum atomic E-state index is -5.18. The second-order valence-corrected chi connectivity index (χ2v) is 2.81. The zero-order valence-corrected chi connectivity index (χ0v) is 7.93. The number of ether oxygens (including phenoxy) is 1. The molecule has 9 heteroatoms. The summed E-state index contributed by atoms with van der Waals surface area (Å²) in [5.41, 5.74) is -2.15. The number of hydrogen-bond donors (Lipinski definition) is 1. The van der Waals surface area contributed by atoms with Gasteiger partial charge >= 0.3 is 6.36 Å². The van der Waals surface area contributed by atoms with Crippen molar-refractivity contribution in [1.82, 2.24) is 4.98 Å². The number of aromatic nitrogens is 1. The lowest BCUT2D eigenvalue weighted by atomic mass is 10.2. The second kappa shape index (κ2) is 4.78.